The van der Waals surface area contributed by atoms with E-state index in [2.05, 4.69) is 36.5 Å². The summed E-state index contributed by atoms with van der Waals surface area (Å²) >= 11 is 3.46. The fraction of sp³-hybridized carbons (Fsp3) is 0.438. The number of hydrogen-bond donors (Lipinski definition) is 2. The maximum absolute atomic E-state index is 12.3. The van der Waals surface area contributed by atoms with Crippen LogP contribution in [0.25, 0.3) is 10.9 Å². The Morgan fingerprint density at radius 1 is 1.32 bits per heavy atom. The number of carbonyl (C=O) groups is 1. The van der Waals surface area contributed by atoms with E-state index < -0.39 is 0 Å². The monoisotopic (exact) mass is 362 g/mol. The van der Waals surface area contributed by atoms with Crippen LogP contribution < -0.4 is 10.6 Å². The van der Waals surface area contributed by atoms with Gasteiger partial charge in [0.2, 0.25) is 5.91 Å². The molecule has 0 radical (unpaired) electrons. The third-order valence-electron chi connectivity index (χ3n) is 4.05. The lowest BCUT2D eigenvalue weighted by molar-refractivity contribution is -0.122. The van der Waals surface area contributed by atoms with Gasteiger partial charge in [-0.15, -0.1) is 0 Å². The number of nitrogens with zero attached hydrogens (tertiary/aromatic N) is 2. The van der Waals surface area contributed by atoms with E-state index in [-0.39, 0.29) is 11.9 Å². The van der Waals surface area contributed by atoms with Gasteiger partial charge in [0.05, 0.1) is 5.52 Å². The second kappa shape index (κ2) is 6.60. The summed E-state index contributed by atoms with van der Waals surface area (Å²) in [5, 5.41) is 7.21. The van der Waals surface area contributed by atoms with Gasteiger partial charge in [-0.2, -0.15) is 0 Å². The maximum atomic E-state index is 12.3. The molecule has 2 N–H and O–H groups in total. The molecule has 1 aromatic carbocycles. The number of fused-ring (bicyclic) bond motifs is 1. The zero-order chi connectivity index (χ0) is 15.5. The van der Waals surface area contributed by atoms with Crippen LogP contribution in [0.1, 0.15) is 32.6 Å². The minimum Gasteiger partial charge on any atom is -0.358 e. The zero-order valence-corrected chi connectivity index (χ0v) is 14.1. The summed E-state index contributed by atoms with van der Waals surface area (Å²) in [4.78, 5) is 20.8. The van der Waals surface area contributed by atoms with Crippen molar-refractivity contribution < 1.29 is 4.79 Å². The van der Waals surface area contributed by atoms with Gasteiger partial charge in [-0.3, -0.25) is 4.79 Å². The summed E-state index contributed by atoms with van der Waals surface area (Å²) in [6.07, 6.45) is 6.10. The number of aromatic nitrogens is 2. The van der Waals surface area contributed by atoms with Gasteiger partial charge in [0.15, 0.2) is 0 Å². The first-order chi connectivity index (χ1) is 10.6. The van der Waals surface area contributed by atoms with Gasteiger partial charge in [-0.25, -0.2) is 9.97 Å². The van der Waals surface area contributed by atoms with Gasteiger partial charge in [0, 0.05) is 15.9 Å². The highest BCUT2D eigenvalue weighted by molar-refractivity contribution is 9.10. The summed E-state index contributed by atoms with van der Waals surface area (Å²) in [5.74, 6) is 0.703. The quantitative estimate of drug-likeness (QED) is 0.875. The molecule has 3 rings (SSSR count). The molecule has 6 heteroatoms. The van der Waals surface area contributed by atoms with Crippen molar-refractivity contribution in [3.63, 3.8) is 0 Å². The first-order valence-corrected chi connectivity index (χ1v) is 8.40. The van der Waals surface area contributed by atoms with Gasteiger partial charge in [-0.1, -0.05) is 28.8 Å². The van der Waals surface area contributed by atoms with Crippen LogP contribution in [0.15, 0.2) is 29.0 Å². The van der Waals surface area contributed by atoms with E-state index in [1.807, 2.05) is 25.1 Å². The lowest BCUT2D eigenvalue weighted by Gasteiger charge is -2.18. The average molecular weight is 363 g/mol. The molecule has 0 aliphatic heterocycles. The van der Waals surface area contributed by atoms with Crippen LogP contribution in [-0.2, 0) is 4.79 Å². The SMILES string of the molecule is CC(Nc1ncnc2ccc(Br)cc12)C(=O)NC1CCCC1. The Kier molecular flexibility index (Phi) is 4.57. The Labute approximate surface area is 138 Å². The summed E-state index contributed by atoms with van der Waals surface area (Å²) in [6, 6.07) is 5.81. The van der Waals surface area contributed by atoms with Crippen LogP contribution in [0.4, 0.5) is 5.82 Å². The zero-order valence-electron chi connectivity index (χ0n) is 12.5. The summed E-state index contributed by atoms with van der Waals surface area (Å²) in [6.45, 7) is 1.86. The molecule has 1 aromatic heterocycles. The van der Waals surface area contributed by atoms with E-state index in [0.29, 0.717) is 11.9 Å². The van der Waals surface area contributed by atoms with Crippen molar-refractivity contribution >= 4 is 38.6 Å². The molecular weight excluding hydrogens is 344 g/mol. The van der Waals surface area contributed by atoms with Crippen molar-refractivity contribution in [2.75, 3.05) is 5.32 Å². The first kappa shape index (κ1) is 15.2. The fourth-order valence-electron chi connectivity index (χ4n) is 2.81. The number of amides is 1. The van der Waals surface area contributed by atoms with E-state index in [9.17, 15) is 4.79 Å². The number of benzene rings is 1. The number of carbonyl (C=O) groups excluding carboxylic acids is 1. The molecule has 1 aliphatic carbocycles. The van der Waals surface area contributed by atoms with Crippen LogP contribution in [0.3, 0.4) is 0 Å². The Morgan fingerprint density at radius 2 is 2.09 bits per heavy atom. The van der Waals surface area contributed by atoms with Crippen molar-refractivity contribution in [2.45, 2.75) is 44.7 Å². The molecule has 1 aliphatic rings. The van der Waals surface area contributed by atoms with E-state index in [4.69, 9.17) is 0 Å². The lowest BCUT2D eigenvalue weighted by Crippen LogP contribution is -2.42. The average Bonchev–Trinajstić information content (AvgIpc) is 3.00. The molecule has 22 heavy (non-hydrogen) atoms. The molecule has 2 aromatic rings. The Bertz CT molecular complexity index is 685. The molecule has 5 nitrogen and oxygen atoms in total. The molecule has 0 saturated heterocycles. The number of rotatable bonds is 4. The van der Waals surface area contributed by atoms with Crippen LogP contribution in [0, 0.1) is 0 Å². The fourth-order valence-corrected chi connectivity index (χ4v) is 3.17. The largest absolute Gasteiger partial charge is 0.358 e. The molecule has 0 spiro atoms. The number of halogens is 1. The highest BCUT2D eigenvalue weighted by Crippen LogP contribution is 2.24. The molecule has 0 bridgehead atoms. The van der Waals surface area contributed by atoms with Crippen molar-refractivity contribution in [3.8, 4) is 0 Å². The summed E-state index contributed by atoms with van der Waals surface area (Å²) in [7, 11) is 0. The minimum absolute atomic E-state index is 0.0219. The molecule has 1 saturated carbocycles. The summed E-state index contributed by atoms with van der Waals surface area (Å²) < 4.78 is 0.959. The van der Waals surface area contributed by atoms with Crippen LogP contribution in [0.5, 0.6) is 0 Å². The smallest absolute Gasteiger partial charge is 0.242 e. The second-order valence-corrected chi connectivity index (χ2v) is 6.66. The van der Waals surface area contributed by atoms with E-state index in [0.717, 1.165) is 28.2 Å². The molecule has 1 heterocycles. The van der Waals surface area contributed by atoms with E-state index >= 15 is 0 Å². The third kappa shape index (κ3) is 3.38. The molecule has 1 amide bonds. The molecular formula is C16H19BrN4O. The third-order valence-corrected chi connectivity index (χ3v) is 4.54. The van der Waals surface area contributed by atoms with Crippen molar-refractivity contribution in [3.05, 3.63) is 29.0 Å². The van der Waals surface area contributed by atoms with E-state index in [1.165, 1.54) is 19.2 Å². The van der Waals surface area contributed by atoms with Crippen molar-refractivity contribution in [1.29, 1.82) is 0 Å². The lowest BCUT2D eigenvalue weighted by atomic mass is 10.2. The first-order valence-electron chi connectivity index (χ1n) is 7.60. The molecule has 1 unspecified atom stereocenters. The Hall–Kier alpha value is -1.69. The van der Waals surface area contributed by atoms with Crippen LogP contribution in [-0.4, -0.2) is 28.0 Å². The number of anilines is 1. The summed E-state index contributed by atoms with van der Waals surface area (Å²) in [5.41, 5.74) is 0.851. The topological polar surface area (TPSA) is 66.9 Å². The van der Waals surface area contributed by atoms with Crippen molar-refractivity contribution in [2.24, 2.45) is 0 Å². The standard InChI is InChI=1S/C16H19BrN4O/c1-10(16(22)21-12-4-2-3-5-12)20-15-13-8-11(17)6-7-14(13)18-9-19-15/h6-10,12H,2-5H2,1H3,(H,21,22)(H,18,19,20). The predicted molar refractivity (Wildman–Crippen MR) is 90.7 cm³/mol. The highest BCUT2D eigenvalue weighted by Gasteiger charge is 2.21. The molecule has 1 atom stereocenters. The van der Waals surface area contributed by atoms with Gasteiger partial charge in [0.1, 0.15) is 18.2 Å². The Morgan fingerprint density at radius 3 is 2.86 bits per heavy atom. The highest BCUT2D eigenvalue weighted by atomic mass is 79.9. The van der Waals surface area contributed by atoms with Gasteiger partial charge < -0.3 is 10.6 Å². The van der Waals surface area contributed by atoms with Crippen LogP contribution in [0.2, 0.25) is 0 Å². The maximum Gasteiger partial charge on any atom is 0.242 e. The van der Waals surface area contributed by atoms with Crippen molar-refractivity contribution in [1.82, 2.24) is 15.3 Å². The van der Waals surface area contributed by atoms with Gasteiger partial charge in [0.25, 0.3) is 0 Å². The second-order valence-electron chi connectivity index (χ2n) is 5.74. The number of hydrogen-bond acceptors (Lipinski definition) is 4. The van der Waals surface area contributed by atoms with Crippen LogP contribution >= 0.6 is 15.9 Å². The van der Waals surface area contributed by atoms with Gasteiger partial charge in [-0.05, 0) is 38.0 Å². The number of nitrogens with one attached hydrogen (secondary N) is 2. The minimum atomic E-state index is -0.335. The molecule has 1 fully saturated rings. The predicted octanol–water partition coefficient (Wildman–Crippen LogP) is 3.25. The van der Waals surface area contributed by atoms with Gasteiger partial charge >= 0.3 is 0 Å². The Balaban J connectivity index is 1.74. The molecule has 116 valence electrons. The van der Waals surface area contributed by atoms with E-state index in [1.54, 1.807) is 0 Å². The normalized spacial score (nSPS) is 16.6.